The minimum Gasteiger partial charge on any atom is -0.502 e. The topological polar surface area (TPSA) is 19.4 Å². The predicted molar refractivity (Wildman–Crippen MR) is 64.4 cm³/mol. The maximum Gasteiger partial charge on any atom is 0.124 e. The van der Waals surface area contributed by atoms with Crippen molar-refractivity contribution in [2.75, 3.05) is 16.8 Å². The van der Waals surface area contributed by atoms with E-state index in [1.165, 1.54) is 0 Å². The summed E-state index contributed by atoms with van der Waals surface area (Å²) in [7, 11) is 2.02. The Morgan fingerprint density at radius 2 is 2.12 bits per heavy atom. The van der Waals surface area contributed by atoms with Crippen LogP contribution in [0.25, 0.3) is 0 Å². The Morgan fingerprint density at radius 1 is 1.24 bits per heavy atom. The normalized spacial score (nSPS) is 13.2. The summed E-state index contributed by atoms with van der Waals surface area (Å²) in [6, 6.07) is 15.1. The standard InChI is InChI=1S/C13H11N3.Ir/c1-15-10-16(11-6-3-2-4-7-11)13-12(15)8-5-9-14-13;/h2-6,8-10H,1H3;/q-2;. The Hall–Kier alpha value is -1.38. The Morgan fingerprint density at radius 3 is 2.88 bits per heavy atom. The molecule has 0 atom stereocenters. The van der Waals surface area contributed by atoms with E-state index in [4.69, 9.17) is 0 Å². The molecule has 0 spiro atoms. The maximum atomic E-state index is 4.40. The fraction of sp³-hybridized carbons (Fsp3) is 0.0769. The molecule has 1 radical (unpaired) electrons. The summed E-state index contributed by atoms with van der Waals surface area (Å²) in [4.78, 5) is 8.50. The van der Waals surface area contributed by atoms with Crippen LogP contribution in [0.4, 0.5) is 17.2 Å². The molecule has 0 amide bonds. The van der Waals surface area contributed by atoms with E-state index in [0.717, 1.165) is 17.2 Å². The molecule has 1 aliphatic heterocycles. The zero-order chi connectivity index (χ0) is 11.0. The summed E-state index contributed by atoms with van der Waals surface area (Å²) < 4.78 is 0. The molecular weight excluding hydrogens is 390 g/mol. The van der Waals surface area contributed by atoms with Gasteiger partial charge in [0.05, 0.1) is 0 Å². The molecule has 1 aromatic heterocycles. The average Bonchev–Trinajstić information content (AvgIpc) is 2.69. The van der Waals surface area contributed by atoms with Gasteiger partial charge in [0.15, 0.2) is 0 Å². The number of nitrogens with zero attached hydrogens (tertiary/aromatic N) is 3. The van der Waals surface area contributed by atoms with E-state index < -0.39 is 0 Å². The van der Waals surface area contributed by atoms with Crippen molar-refractivity contribution in [2.24, 2.45) is 0 Å². The molecule has 17 heavy (non-hydrogen) atoms. The molecule has 1 aromatic carbocycles. The quantitative estimate of drug-likeness (QED) is 0.685. The van der Waals surface area contributed by atoms with Gasteiger partial charge in [0.25, 0.3) is 0 Å². The molecule has 0 saturated heterocycles. The first-order chi connectivity index (χ1) is 7.86. The first-order valence-corrected chi connectivity index (χ1v) is 5.15. The van der Waals surface area contributed by atoms with Crippen LogP contribution >= 0.6 is 0 Å². The molecule has 0 fully saturated rings. The molecule has 2 aromatic rings. The molecule has 2 heterocycles. The van der Waals surface area contributed by atoms with Crippen molar-refractivity contribution in [3.8, 4) is 0 Å². The number of hydrogen-bond acceptors (Lipinski definition) is 3. The third-order valence-corrected chi connectivity index (χ3v) is 2.62. The molecule has 0 unspecified atom stereocenters. The molecule has 3 rings (SSSR count). The van der Waals surface area contributed by atoms with E-state index in [9.17, 15) is 0 Å². The number of para-hydroxylation sites is 1. The Labute approximate surface area is 114 Å². The Balaban J connectivity index is 0.00000108. The van der Waals surface area contributed by atoms with Crippen LogP contribution in [0.15, 0.2) is 42.6 Å². The van der Waals surface area contributed by atoms with Crippen LogP contribution in [0, 0.1) is 12.7 Å². The van der Waals surface area contributed by atoms with E-state index in [2.05, 4.69) is 22.0 Å². The molecule has 1 aliphatic rings. The SMILES string of the molecule is CN1[CH-]N(c2[c-]cccc2)c2ncccc21.[Ir]. The van der Waals surface area contributed by atoms with Gasteiger partial charge in [-0.2, -0.15) is 37.0 Å². The van der Waals surface area contributed by atoms with Crippen LogP contribution in [-0.4, -0.2) is 12.0 Å². The molecule has 0 bridgehead atoms. The number of rotatable bonds is 1. The van der Waals surface area contributed by atoms with Gasteiger partial charge in [-0.15, -0.1) is 5.69 Å². The van der Waals surface area contributed by atoms with Gasteiger partial charge in [-0.25, -0.2) is 4.98 Å². The van der Waals surface area contributed by atoms with Crippen LogP contribution in [0.5, 0.6) is 0 Å². The molecule has 3 nitrogen and oxygen atoms in total. The average molecular weight is 401 g/mol. The second-order valence-electron chi connectivity index (χ2n) is 3.69. The van der Waals surface area contributed by atoms with E-state index in [0.29, 0.717) is 0 Å². The summed E-state index contributed by atoms with van der Waals surface area (Å²) in [6.07, 6.45) is 1.81. The number of benzene rings is 1. The van der Waals surface area contributed by atoms with Crippen molar-refractivity contribution in [2.45, 2.75) is 0 Å². The van der Waals surface area contributed by atoms with E-state index >= 15 is 0 Å². The minimum atomic E-state index is 0. The van der Waals surface area contributed by atoms with Gasteiger partial charge in [0.1, 0.15) is 5.82 Å². The number of anilines is 3. The summed E-state index contributed by atoms with van der Waals surface area (Å²) in [5.41, 5.74) is 2.12. The predicted octanol–water partition coefficient (Wildman–Crippen LogP) is 2.59. The van der Waals surface area contributed by atoms with Crippen molar-refractivity contribution < 1.29 is 20.1 Å². The van der Waals surface area contributed by atoms with Gasteiger partial charge in [-0.05, 0) is 19.2 Å². The van der Waals surface area contributed by atoms with E-state index in [-0.39, 0.29) is 20.1 Å². The number of hydrogen-bond donors (Lipinski definition) is 0. The summed E-state index contributed by atoms with van der Waals surface area (Å²) in [6.45, 7) is 2.02. The maximum absolute atomic E-state index is 4.40. The van der Waals surface area contributed by atoms with Gasteiger partial charge in [0.2, 0.25) is 0 Å². The van der Waals surface area contributed by atoms with Crippen LogP contribution in [-0.2, 0) is 20.1 Å². The smallest absolute Gasteiger partial charge is 0.124 e. The van der Waals surface area contributed by atoms with Crippen molar-refractivity contribution in [3.63, 3.8) is 0 Å². The van der Waals surface area contributed by atoms with Crippen LogP contribution in [0.1, 0.15) is 0 Å². The second kappa shape index (κ2) is 4.86. The number of fused-ring (bicyclic) bond motifs is 1. The van der Waals surface area contributed by atoms with Gasteiger partial charge < -0.3 is 9.80 Å². The molecule has 0 N–H and O–H groups in total. The largest absolute Gasteiger partial charge is 0.502 e. The molecule has 89 valence electrons. The third kappa shape index (κ3) is 2.06. The molecule has 4 heteroatoms. The molecular formula is C13H11IrN3-2. The summed E-state index contributed by atoms with van der Waals surface area (Å²) in [5, 5.41) is 0. The van der Waals surface area contributed by atoms with Crippen molar-refractivity contribution >= 4 is 17.2 Å². The number of pyridine rings is 1. The first-order valence-electron chi connectivity index (χ1n) is 5.15. The van der Waals surface area contributed by atoms with Crippen molar-refractivity contribution in [1.82, 2.24) is 4.98 Å². The molecule has 0 aliphatic carbocycles. The van der Waals surface area contributed by atoms with Crippen LogP contribution in [0.3, 0.4) is 0 Å². The van der Waals surface area contributed by atoms with Gasteiger partial charge in [-0.3, -0.25) is 0 Å². The van der Waals surface area contributed by atoms with Crippen LogP contribution in [0.2, 0.25) is 0 Å². The van der Waals surface area contributed by atoms with Gasteiger partial charge in [-0.1, -0.05) is 0 Å². The summed E-state index contributed by atoms with van der Waals surface area (Å²) in [5.74, 6) is 0.951. The van der Waals surface area contributed by atoms with E-state index in [1.807, 2.05) is 55.1 Å². The summed E-state index contributed by atoms with van der Waals surface area (Å²) >= 11 is 0. The van der Waals surface area contributed by atoms with Gasteiger partial charge >= 0.3 is 0 Å². The third-order valence-electron chi connectivity index (χ3n) is 2.62. The molecule has 0 saturated carbocycles. The van der Waals surface area contributed by atoms with Crippen molar-refractivity contribution in [3.05, 3.63) is 55.3 Å². The Kier molecular flexibility index (Phi) is 3.46. The first kappa shape index (κ1) is 12.1. The van der Waals surface area contributed by atoms with Crippen LogP contribution < -0.4 is 9.80 Å². The monoisotopic (exact) mass is 402 g/mol. The second-order valence-corrected chi connectivity index (χ2v) is 3.69. The fourth-order valence-electron chi connectivity index (χ4n) is 1.85. The van der Waals surface area contributed by atoms with Crippen molar-refractivity contribution in [1.29, 1.82) is 0 Å². The Bertz CT molecular complexity index is 501. The van der Waals surface area contributed by atoms with Gasteiger partial charge in [0, 0.05) is 32.0 Å². The zero-order valence-corrected chi connectivity index (χ0v) is 11.7. The number of aromatic nitrogens is 1. The zero-order valence-electron chi connectivity index (χ0n) is 9.29. The van der Waals surface area contributed by atoms with E-state index in [1.54, 1.807) is 0 Å². The minimum absolute atomic E-state index is 0. The fourth-order valence-corrected chi connectivity index (χ4v) is 1.85.